The van der Waals surface area contributed by atoms with Crippen LogP contribution in [0.3, 0.4) is 0 Å². The Labute approximate surface area is 112 Å². The van der Waals surface area contributed by atoms with Crippen LogP contribution >= 0.6 is 45.8 Å². The van der Waals surface area contributed by atoms with Gasteiger partial charge in [0.2, 0.25) is 0 Å². The first-order chi connectivity index (χ1) is 6.79. The Morgan fingerprint density at radius 2 is 1.80 bits per heavy atom. The van der Waals surface area contributed by atoms with E-state index >= 15 is 0 Å². The summed E-state index contributed by atoms with van der Waals surface area (Å²) in [7, 11) is -3.49. The average molecular weight is 381 g/mol. The predicted octanol–water partition coefficient (Wildman–Crippen LogP) is 3.07. The fraction of sp³-hybridized carbons (Fsp3) is 0.250. The molecule has 0 fully saturated rings. The first-order valence-corrected chi connectivity index (χ1v) is 7.42. The molecule has 0 atom stereocenters. The van der Waals surface area contributed by atoms with Gasteiger partial charge in [-0.15, -0.1) is 0 Å². The summed E-state index contributed by atoms with van der Waals surface area (Å²) in [6.45, 7) is -0.145. The zero-order chi connectivity index (χ0) is 11.6. The van der Waals surface area contributed by atoms with Gasteiger partial charge in [0.05, 0.1) is 12.9 Å². The van der Waals surface area contributed by atoms with E-state index in [0.29, 0.717) is 15.6 Å². The second-order valence-corrected chi connectivity index (χ2v) is 6.52. The van der Waals surface area contributed by atoms with Crippen molar-refractivity contribution in [2.45, 2.75) is 6.61 Å². The second-order valence-electron chi connectivity index (χ2n) is 2.81. The number of hydrogen-bond donors (Lipinski definition) is 0. The molecule has 0 aromatic heterocycles. The van der Waals surface area contributed by atoms with E-state index in [1.165, 1.54) is 0 Å². The molecule has 0 aliphatic heterocycles. The maximum absolute atomic E-state index is 10.8. The Morgan fingerprint density at radius 1 is 1.33 bits per heavy atom. The molecule has 1 aromatic carbocycles. The first-order valence-electron chi connectivity index (χ1n) is 3.77. The van der Waals surface area contributed by atoms with Crippen molar-refractivity contribution in [2.75, 3.05) is 6.26 Å². The molecule has 0 amide bonds. The average Bonchev–Trinajstić information content (AvgIpc) is 1.99. The van der Waals surface area contributed by atoms with Crippen molar-refractivity contribution in [2.24, 2.45) is 0 Å². The van der Waals surface area contributed by atoms with Crippen LogP contribution in [0.4, 0.5) is 0 Å². The highest BCUT2D eigenvalue weighted by Gasteiger charge is 2.10. The van der Waals surface area contributed by atoms with Crippen LogP contribution in [0.5, 0.6) is 0 Å². The molecule has 0 saturated heterocycles. The molecule has 0 heterocycles. The van der Waals surface area contributed by atoms with Crippen LogP contribution in [0.25, 0.3) is 0 Å². The fourth-order valence-corrected chi connectivity index (χ4v) is 2.80. The molecule has 0 saturated carbocycles. The minimum absolute atomic E-state index is 0.145. The quantitative estimate of drug-likeness (QED) is 0.597. The van der Waals surface area contributed by atoms with Crippen LogP contribution in [0.15, 0.2) is 12.1 Å². The summed E-state index contributed by atoms with van der Waals surface area (Å²) in [4.78, 5) is 0. The topological polar surface area (TPSA) is 43.4 Å². The van der Waals surface area contributed by atoms with E-state index in [-0.39, 0.29) is 6.61 Å². The van der Waals surface area contributed by atoms with Gasteiger partial charge in [-0.3, -0.25) is 4.18 Å². The molecule has 7 heteroatoms. The fourth-order valence-electron chi connectivity index (χ4n) is 0.876. The van der Waals surface area contributed by atoms with Crippen molar-refractivity contribution < 1.29 is 12.6 Å². The molecule has 0 aliphatic rings. The Morgan fingerprint density at radius 3 is 2.20 bits per heavy atom. The minimum Gasteiger partial charge on any atom is -0.265 e. The van der Waals surface area contributed by atoms with Gasteiger partial charge >= 0.3 is 0 Å². The SMILES string of the molecule is CS(=O)(=O)OCc1c(Cl)cc(I)cc1Cl. The summed E-state index contributed by atoms with van der Waals surface area (Å²) in [5, 5.41) is 0.797. The maximum atomic E-state index is 10.8. The molecule has 0 radical (unpaired) electrons. The van der Waals surface area contributed by atoms with E-state index in [0.717, 1.165) is 9.83 Å². The van der Waals surface area contributed by atoms with E-state index in [1.807, 2.05) is 0 Å². The molecule has 84 valence electrons. The van der Waals surface area contributed by atoms with Crippen LogP contribution in [0, 0.1) is 3.57 Å². The summed E-state index contributed by atoms with van der Waals surface area (Å²) in [6.07, 6.45) is 0.974. The van der Waals surface area contributed by atoms with Crippen molar-refractivity contribution in [1.29, 1.82) is 0 Å². The van der Waals surface area contributed by atoms with E-state index < -0.39 is 10.1 Å². The van der Waals surface area contributed by atoms with Crippen molar-refractivity contribution in [3.63, 3.8) is 0 Å². The summed E-state index contributed by atoms with van der Waals surface area (Å²) < 4.78 is 27.1. The van der Waals surface area contributed by atoms with Gasteiger partial charge in [-0.2, -0.15) is 8.42 Å². The predicted molar refractivity (Wildman–Crippen MR) is 68.8 cm³/mol. The van der Waals surface area contributed by atoms with Crippen molar-refractivity contribution in [3.8, 4) is 0 Å². The Balaban J connectivity index is 2.96. The van der Waals surface area contributed by atoms with Gasteiger partial charge in [-0.05, 0) is 34.7 Å². The Hall–Kier alpha value is 0.440. The molecule has 0 N–H and O–H groups in total. The number of hydrogen-bond acceptors (Lipinski definition) is 3. The molecule has 1 aromatic rings. The summed E-state index contributed by atoms with van der Waals surface area (Å²) in [5.74, 6) is 0. The summed E-state index contributed by atoms with van der Waals surface area (Å²) >= 11 is 13.9. The third-order valence-electron chi connectivity index (χ3n) is 1.52. The van der Waals surface area contributed by atoms with Gasteiger partial charge in [0.1, 0.15) is 0 Å². The van der Waals surface area contributed by atoms with Gasteiger partial charge in [0.15, 0.2) is 0 Å². The molecule has 3 nitrogen and oxygen atoms in total. The summed E-state index contributed by atoms with van der Waals surface area (Å²) in [6, 6.07) is 3.38. The molecule has 0 spiro atoms. The van der Waals surface area contributed by atoms with Crippen LogP contribution in [-0.2, 0) is 20.9 Å². The highest BCUT2D eigenvalue weighted by atomic mass is 127. The Bertz CT molecular complexity index is 450. The third-order valence-corrected chi connectivity index (χ3v) is 3.37. The molecule has 0 unspecified atom stereocenters. The van der Waals surface area contributed by atoms with Crippen LogP contribution in [0.1, 0.15) is 5.56 Å². The Kier molecular flexibility index (Phi) is 4.66. The van der Waals surface area contributed by atoms with Gasteiger partial charge in [-0.1, -0.05) is 23.2 Å². The van der Waals surface area contributed by atoms with Crippen LogP contribution in [-0.4, -0.2) is 14.7 Å². The minimum atomic E-state index is -3.49. The van der Waals surface area contributed by atoms with Crippen molar-refractivity contribution in [1.82, 2.24) is 0 Å². The van der Waals surface area contributed by atoms with E-state index in [1.54, 1.807) is 12.1 Å². The van der Waals surface area contributed by atoms with Gasteiger partial charge < -0.3 is 0 Å². The standard InChI is InChI=1S/C8H7Cl2IO3S/c1-15(12,13)14-4-6-7(9)2-5(11)3-8(6)10/h2-3H,4H2,1H3. The van der Waals surface area contributed by atoms with Gasteiger partial charge in [0, 0.05) is 19.2 Å². The lowest BCUT2D eigenvalue weighted by atomic mass is 10.2. The van der Waals surface area contributed by atoms with E-state index in [2.05, 4.69) is 26.8 Å². The molecule has 0 aliphatic carbocycles. The highest BCUT2D eigenvalue weighted by Crippen LogP contribution is 2.28. The third kappa shape index (κ3) is 4.44. The number of rotatable bonds is 3. The normalized spacial score (nSPS) is 11.7. The highest BCUT2D eigenvalue weighted by molar-refractivity contribution is 14.1. The van der Waals surface area contributed by atoms with Crippen LogP contribution in [0.2, 0.25) is 10.0 Å². The zero-order valence-corrected chi connectivity index (χ0v) is 12.1. The molecular weight excluding hydrogens is 374 g/mol. The molecule has 0 bridgehead atoms. The van der Waals surface area contributed by atoms with Gasteiger partial charge in [-0.25, -0.2) is 0 Å². The molecular formula is C8H7Cl2IO3S. The van der Waals surface area contributed by atoms with Crippen LogP contribution < -0.4 is 0 Å². The second kappa shape index (κ2) is 5.18. The van der Waals surface area contributed by atoms with Crippen molar-refractivity contribution >= 4 is 55.9 Å². The monoisotopic (exact) mass is 380 g/mol. The van der Waals surface area contributed by atoms with E-state index in [9.17, 15) is 8.42 Å². The largest absolute Gasteiger partial charge is 0.265 e. The lowest BCUT2D eigenvalue weighted by Gasteiger charge is -2.07. The zero-order valence-electron chi connectivity index (χ0n) is 7.63. The lowest BCUT2D eigenvalue weighted by Crippen LogP contribution is -2.03. The van der Waals surface area contributed by atoms with Crippen molar-refractivity contribution in [3.05, 3.63) is 31.3 Å². The maximum Gasteiger partial charge on any atom is 0.264 e. The summed E-state index contributed by atoms with van der Waals surface area (Å²) in [5.41, 5.74) is 0.476. The first kappa shape index (κ1) is 13.5. The molecule has 15 heavy (non-hydrogen) atoms. The van der Waals surface area contributed by atoms with E-state index in [4.69, 9.17) is 23.2 Å². The smallest absolute Gasteiger partial charge is 0.264 e. The van der Waals surface area contributed by atoms with Gasteiger partial charge in [0.25, 0.3) is 10.1 Å². The number of halogens is 3. The lowest BCUT2D eigenvalue weighted by molar-refractivity contribution is 0.312. The molecule has 1 rings (SSSR count). The number of benzene rings is 1.